The van der Waals surface area contributed by atoms with Crippen LogP contribution in [0.1, 0.15) is 65.9 Å². The molecule has 0 amide bonds. The van der Waals surface area contributed by atoms with Crippen molar-refractivity contribution in [2.75, 3.05) is 0 Å². The number of carboxylic acids is 1. The molecule has 32 heavy (non-hydrogen) atoms. The summed E-state index contributed by atoms with van der Waals surface area (Å²) in [6.45, 7) is 4.13. The maximum atomic E-state index is 13.7. The third-order valence-corrected chi connectivity index (χ3v) is 6.96. The summed E-state index contributed by atoms with van der Waals surface area (Å²) in [5.74, 6) is -0.171. The number of aryl methyl sites for hydroxylation is 2. The highest BCUT2D eigenvalue weighted by molar-refractivity contribution is 7.17. The molecule has 1 N–H and O–H groups in total. The normalized spacial score (nSPS) is 13.6. The Balaban J connectivity index is 1.65. The van der Waals surface area contributed by atoms with Gasteiger partial charge in [0.15, 0.2) is 0 Å². The number of carboxylic acid groups (broad SMARTS) is 1. The highest BCUT2D eigenvalue weighted by Gasteiger charge is 2.21. The first-order valence-electron chi connectivity index (χ1n) is 10.9. The monoisotopic (exact) mass is 448 g/mol. The van der Waals surface area contributed by atoms with E-state index in [1.165, 1.54) is 41.4 Å². The van der Waals surface area contributed by atoms with Crippen molar-refractivity contribution in [3.8, 4) is 11.1 Å². The first-order valence-corrected chi connectivity index (χ1v) is 11.8. The Hall–Kier alpha value is -3.19. The molecular formula is C25H24N2O4S. The van der Waals surface area contributed by atoms with Gasteiger partial charge in [-0.15, -0.1) is 11.3 Å². The number of nitrogens with zero attached hydrogens (tertiary/aromatic N) is 2. The van der Waals surface area contributed by atoms with E-state index in [0.717, 1.165) is 28.8 Å². The molecule has 0 unspecified atom stereocenters. The van der Waals surface area contributed by atoms with Gasteiger partial charge < -0.3 is 9.52 Å². The SMILES string of the molecule is CC(C)c1nc2scc(-c3ccc4c(c3)CCCC4)c2c(=O)n1Cc1ccc(C(=O)O)o1. The van der Waals surface area contributed by atoms with Crippen LogP contribution >= 0.6 is 11.3 Å². The second kappa shape index (κ2) is 8.06. The molecule has 164 valence electrons. The summed E-state index contributed by atoms with van der Waals surface area (Å²) >= 11 is 1.49. The molecule has 4 aromatic rings. The predicted octanol–water partition coefficient (Wildman–Crippen LogP) is 5.47. The molecular weight excluding hydrogens is 424 g/mol. The molecule has 1 aliphatic carbocycles. The van der Waals surface area contributed by atoms with Crippen molar-refractivity contribution < 1.29 is 14.3 Å². The average molecular weight is 449 g/mol. The minimum Gasteiger partial charge on any atom is -0.475 e. The lowest BCUT2D eigenvalue weighted by Crippen LogP contribution is -2.26. The number of aromatic nitrogens is 2. The third-order valence-electron chi connectivity index (χ3n) is 6.09. The van der Waals surface area contributed by atoms with Gasteiger partial charge in [-0.05, 0) is 54.5 Å². The average Bonchev–Trinajstić information content (AvgIpc) is 3.42. The molecule has 3 heterocycles. The fraction of sp³-hybridized carbons (Fsp3) is 0.320. The Morgan fingerprint density at radius 2 is 1.97 bits per heavy atom. The summed E-state index contributed by atoms with van der Waals surface area (Å²) in [5.41, 5.74) is 4.61. The number of aromatic carboxylic acids is 1. The summed E-state index contributed by atoms with van der Waals surface area (Å²) in [7, 11) is 0. The van der Waals surface area contributed by atoms with Crippen LogP contribution in [0.25, 0.3) is 21.3 Å². The van der Waals surface area contributed by atoms with Crippen molar-refractivity contribution in [1.82, 2.24) is 9.55 Å². The largest absolute Gasteiger partial charge is 0.475 e. The van der Waals surface area contributed by atoms with Gasteiger partial charge in [0.25, 0.3) is 5.56 Å². The first kappa shape index (κ1) is 20.7. The quantitative estimate of drug-likeness (QED) is 0.438. The standard InChI is InChI=1S/C25H24N2O4S/c1-14(2)22-26-23-21(24(28)27(22)12-18-9-10-20(31-18)25(29)30)19(13-32-23)17-8-7-15-5-3-4-6-16(15)11-17/h7-11,13-14H,3-6,12H2,1-2H3,(H,29,30). The van der Waals surface area contributed by atoms with Crippen LogP contribution in [-0.2, 0) is 19.4 Å². The Bertz CT molecular complexity index is 1390. The number of carbonyl (C=O) groups is 1. The van der Waals surface area contributed by atoms with Crippen LogP contribution in [0.3, 0.4) is 0 Å². The van der Waals surface area contributed by atoms with Gasteiger partial charge in [0.2, 0.25) is 5.76 Å². The molecule has 5 rings (SSSR count). The number of hydrogen-bond donors (Lipinski definition) is 1. The van der Waals surface area contributed by atoms with Crippen molar-refractivity contribution in [2.45, 2.75) is 52.0 Å². The lowest BCUT2D eigenvalue weighted by Gasteiger charge is -2.17. The van der Waals surface area contributed by atoms with Crippen molar-refractivity contribution >= 4 is 27.5 Å². The second-order valence-electron chi connectivity index (χ2n) is 8.61. The van der Waals surface area contributed by atoms with Gasteiger partial charge in [-0.3, -0.25) is 9.36 Å². The van der Waals surface area contributed by atoms with E-state index in [4.69, 9.17) is 14.5 Å². The molecule has 1 aromatic carbocycles. The van der Waals surface area contributed by atoms with Crippen molar-refractivity contribution in [2.24, 2.45) is 0 Å². The van der Waals surface area contributed by atoms with Crippen LogP contribution in [0.15, 0.2) is 44.9 Å². The molecule has 0 spiro atoms. The Labute approximate surface area is 189 Å². The van der Waals surface area contributed by atoms with Crippen LogP contribution in [0.5, 0.6) is 0 Å². The zero-order valence-corrected chi connectivity index (χ0v) is 18.9. The van der Waals surface area contributed by atoms with Crippen LogP contribution in [0.2, 0.25) is 0 Å². The summed E-state index contributed by atoms with van der Waals surface area (Å²) < 4.78 is 7.04. The smallest absolute Gasteiger partial charge is 0.371 e. The van der Waals surface area contributed by atoms with Gasteiger partial charge >= 0.3 is 5.97 Å². The number of rotatable bonds is 5. The highest BCUT2D eigenvalue weighted by Crippen LogP contribution is 2.34. The van der Waals surface area contributed by atoms with E-state index in [2.05, 4.69) is 18.2 Å². The van der Waals surface area contributed by atoms with E-state index in [0.29, 0.717) is 17.0 Å². The van der Waals surface area contributed by atoms with Gasteiger partial charge in [-0.2, -0.15) is 0 Å². The van der Waals surface area contributed by atoms with Gasteiger partial charge in [0.1, 0.15) is 16.4 Å². The van der Waals surface area contributed by atoms with E-state index in [1.807, 2.05) is 19.2 Å². The van der Waals surface area contributed by atoms with E-state index in [9.17, 15) is 9.59 Å². The Kier molecular flexibility index (Phi) is 5.21. The van der Waals surface area contributed by atoms with Crippen molar-refractivity contribution in [1.29, 1.82) is 0 Å². The van der Waals surface area contributed by atoms with Crippen LogP contribution in [0.4, 0.5) is 0 Å². The summed E-state index contributed by atoms with van der Waals surface area (Å²) in [6, 6.07) is 9.53. The third kappa shape index (κ3) is 3.56. The molecule has 3 aromatic heterocycles. The van der Waals surface area contributed by atoms with Gasteiger partial charge in [0, 0.05) is 16.9 Å². The van der Waals surface area contributed by atoms with Crippen LogP contribution < -0.4 is 5.56 Å². The molecule has 0 saturated carbocycles. The van der Waals surface area contributed by atoms with E-state index in [1.54, 1.807) is 10.6 Å². The topological polar surface area (TPSA) is 85.3 Å². The molecule has 0 atom stereocenters. The number of thiophene rings is 1. The van der Waals surface area contributed by atoms with E-state index < -0.39 is 5.97 Å². The highest BCUT2D eigenvalue weighted by atomic mass is 32.1. The first-order chi connectivity index (χ1) is 15.4. The summed E-state index contributed by atoms with van der Waals surface area (Å²) in [6.07, 6.45) is 4.63. The van der Waals surface area contributed by atoms with Crippen LogP contribution in [-0.4, -0.2) is 20.6 Å². The van der Waals surface area contributed by atoms with Crippen LogP contribution in [0, 0.1) is 0 Å². The fourth-order valence-electron chi connectivity index (χ4n) is 4.48. The Morgan fingerprint density at radius 1 is 1.19 bits per heavy atom. The molecule has 0 radical (unpaired) electrons. The predicted molar refractivity (Wildman–Crippen MR) is 125 cm³/mol. The fourth-order valence-corrected chi connectivity index (χ4v) is 5.43. The van der Waals surface area contributed by atoms with Gasteiger partial charge in [-0.1, -0.05) is 32.0 Å². The number of hydrogen-bond acceptors (Lipinski definition) is 5. The van der Waals surface area contributed by atoms with Crippen molar-refractivity contribution in [3.63, 3.8) is 0 Å². The molecule has 7 heteroatoms. The molecule has 0 saturated heterocycles. The summed E-state index contributed by atoms with van der Waals surface area (Å²) in [5, 5.41) is 11.8. The van der Waals surface area contributed by atoms with E-state index in [-0.39, 0.29) is 23.8 Å². The zero-order valence-electron chi connectivity index (χ0n) is 18.1. The number of furan rings is 1. The molecule has 0 fully saturated rings. The minimum atomic E-state index is -1.13. The molecule has 6 nitrogen and oxygen atoms in total. The van der Waals surface area contributed by atoms with Gasteiger partial charge in [-0.25, -0.2) is 9.78 Å². The van der Waals surface area contributed by atoms with E-state index >= 15 is 0 Å². The summed E-state index contributed by atoms with van der Waals surface area (Å²) in [4.78, 5) is 30.5. The second-order valence-corrected chi connectivity index (χ2v) is 9.47. The number of benzene rings is 1. The molecule has 1 aliphatic rings. The Morgan fingerprint density at radius 3 is 2.69 bits per heavy atom. The molecule has 0 aliphatic heterocycles. The van der Waals surface area contributed by atoms with Crippen molar-refractivity contribution in [3.05, 3.63) is 74.5 Å². The lowest BCUT2D eigenvalue weighted by atomic mass is 9.89. The minimum absolute atomic E-state index is 0.0234. The maximum Gasteiger partial charge on any atom is 0.371 e. The van der Waals surface area contributed by atoms with Gasteiger partial charge in [0.05, 0.1) is 11.9 Å². The zero-order chi connectivity index (χ0) is 22.4. The maximum absolute atomic E-state index is 13.7. The lowest BCUT2D eigenvalue weighted by molar-refractivity contribution is 0.0660. The molecule has 0 bridgehead atoms. The number of fused-ring (bicyclic) bond motifs is 2.